The van der Waals surface area contributed by atoms with Crippen molar-refractivity contribution >= 4 is 33.4 Å². The highest BCUT2D eigenvalue weighted by Crippen LogP contribution is 2.48. The van der Waals surface area contributed by atoms with Crippen molar-refractivity contribution in [1.29, 1.82) is 5.26 Å². The molecule has 35 heavy (non-hydrogen) atoms. The lowest BCUT2D eigenvalue weighted by Crippen LogP contribution is -2.36. The Hall–Kier alpha value is -3.22. The summed E-state index contributed by atoms with van der Waals surface area (Å²) in [4.78, 5) is 25.1. The van der Waals surface area contributed by atoms with Gasteiger partial charge < -0.3 is 10.6 Å². The summed E-state index contributed by atoms with van der Waals surface area (Å²) >= 11 is 3.08. The zero-order chi connectivity index (χ0) is 26.6. The number of anilines is 1. The fraction of sp³-hybridized carbons (Fsp3) is 0.368. The molecule has 2 N–H and O–H groups in total. The lowest BCUT2D eigenvalue weighted by molar-refractivity contribution is -0.292. The summed E-state index contributed by atoms with van der Waals surface area (Å²) in [5, 5.41) is 16.2. The molecule has 188 valence electrons. The molecule has 2 aromatic rings. The molecular formula is C19H12BrF8N5O2. The molecule has 1 aliphatic rings. The molecule has 3 rings (SSSR count). The number of hydrogen-bond acceptors (Lipinski definition) is 4. The molecule has 0 radical (unpaired) electrons. The van der Waals surface area contributed by atoms with Gasteiger partial charge in [0.1, 0.15) is 16.8 Å². The molecule has 0 atom stereocenters. The highest BCUT2D eigenvalue weighted by atomic mass is 79.9. The predicted octanol–water partition coefficient (Wildman–Crippen LogP) is 4.89. The van der Waals surface area contributed by atoms with E-state index in [9.17, 15) is 44.7 Å². The van der Waals surface area contributed by atoms with Gasteiger partial charge in [0.05, 0.1) is 11.6 Å². The predicted molar refractivity (Wildman–Crippen MR) is 105 cm³/mol. The minimum atomic E-state index is -6.41. The van der Waals surface area contributed by atoms with E-state index in [1.165, 1.54) is 6.07 Å². The Kier molecular flexibility index (Phi) is 6.38. The standard InChI is InChI=1S/C19H12BrF8N5O2/c1-33-12(11(18(23,24)25)13(32-33)17(21,22)19(26,27)28)15(35)30-8-2-3-10(20)9(6-8)14(34)31-16(7-29)4-5-16/h2-3,6H,4-5H2,1H3,(H,30,35)(H,31,34). The van der Waals surface area contributed by atoms with E-state index in [1.807, 2.05) is 11.4 Å². The Morgan fingerprint density at radius 1 is 1.11 bits per heavy atom. The van der Waals surface area contributed by atoms with Crippen LogP contribution in [0.15, 0.2) is 22.7 Å². The second-order valence-electron chi connectivity index (χ2n) is 7.56. The molecule has 0 bridgehead atoms. The number of carbonyl (C=O) groups is 2. The first kappa shape index (κ1) is 26.4. The van der Waals surface area contributed by atoms with Gasteiger partial charge in [-0.25, -0.2) is 0 Å². The topological polar surface area (TPSA) is 99.8 Å². The maximum absolute atomic E-state index is 13.8. The fourth-order valence-corrected chi connectivity index (χ4v) is 3.48. The van der Waals surface area contributed by atoms with Crippen molar-refractivity contribution in [2.75, 3.05) is 5.32 Å². The van der Waals surface area contributed by atoms with Gasteiger partial charge in [-0.15, -0.1) is 0 Å². The number of hydrogen-bond donors (Lipinski definition) is 2. The van der Waals surface area contributed by atoms with E-state index in [4.69, 9.17) is 5.26 Å². The van der Waals surface area contributed by atoms with Crippen LogP contribution in [0.4, 0.5) is 40.8 Å². The number of nitriles is 1. The Morgan fingerprint density at radius 2 is 1.71 bits per heavy atom. The van der Waals surface area contributed by atoms with Crippen LogP contribution in [-0.2, 0) is 19.1 Å². The van der Waals surface area contributed by atoms with Crippen LogP contribution in [0, 0.1) is 11.3 Å². The van der Waals surface area contributed by atoms with Crippen LogP contribution >= 0.6 is 15.9 Å². The van der Waals surface area contributed by atoms with Crippen LogP contribution in [0.25, 0.3) is 0 Å². The molecule has 16 heteroatoms. The molecule has 1 aromatic carbocycles. The molecular weight excluding hydrogens is 562 g/mol. The number of carbonyl (C=O) groups excluding carboxylic acids is 2. The molecule has 1 saturated carbocycles. The Bertz CT molecular complexity index is 1240. The fourth-order valence-electron chi connectivity index (χ4n) is 3.05. The minimum Gasteiger partial charge on any atom is -0.334 e. The van der Waals surface area contributed by atoms with Crippen molar-refractivity contribution in [3.63, 3.8) is 0 Å². The third kappa shape index (κ3) is 4.95. The average Bonchev–Trinajstić information content (AvgIpc) is 3.39. The van der Waals surface area contributed by atoms with E-state index in [0.717, 1.165) is 12.1 Å². The SMILES string of the molecule is Cn1nc(C(F)(F)C(F)(F)F)c(C(F)(F)F)c1C(=O)Nc1ccc(Br)c(C(=O)NC2(C#N)CC2)c1. The van der Waals surface area contributed by atoms with Gasteiger partial charge in [0, 0.05) is 17.2 Å². The van der Waals surface area contributed by atoms with Crippen LogP contribution in [-0.4, -0.2) is 33.3 Å². The molecule has 7 nitrogen and oxygen atoms in total. The Labute approximate surface area is 199 Å². The quantitative estimate of drug-likeness (QED) is 0.497. The molecule has 1 fully saturated rings. The second kappa shape index (κ2) is 8.47. The summed E-state index contributed by atoms with van der Waals surface area (Å²) in [5.41, 5.74) is -8.32. The van der Waals surface area contributed by atoms with Gasteiger partial charge in [-0.1, -0.05) is 0 Å². The first-order valence-corrected chi connectivity index (χ1v) is 10.2. The monoisotopic (exact) mass is 573 g/mol. The van der Waals surface area contributed by atoms with Gasteiger partial charge in [-0.05, 0) is 47.0 Å². The summed E-state index contributed by atoms with van der Waals surface area (Å²) in [5.74, 6) is -8.46. The third-order valence-corrected chi connectivity index (χ3v) is 5.68. The van der Waals surface area contributed by atoms with Crippen LogP contribution in [0.5, 0.6) is 0 Å². The summed E-state index contributed by atoms with van der Waals surface area (Å²) < 4.78 is 107. The number of nitrogens with one attached hydrogen (secondary N) is 2. The normalized spacial score (nSPS) is 15.3. The average molecular weight is 574 g/mol. The highest BCUT2D eigenvalue weighted by Gasteiger charge is 2.64. The Morgan fingerprint density at radius 3 is 2.20 bits per heavy atom. The van der Waals surface area contributed by atoms with E-state index >= 15 is 0 Å². The molecule has 0 aliphatic heterocycles. The number of rotatable bonds is 5. The van der Waals surface area contributed by atoms with Crippen molar-refractivity contribution in [1.82, 2.24) is 15.1 Å². The van der Waals surface area contributed by atoms with Crippen LogP contribution in [0.3, 0.4) is 0 Å². The molecule has 2 amide bonds. The van der Waals surface area contributed by atoms with Crippen LogP contribution in [0.2, 0.25) is 0 Å². The molecule has 0 spiro atoms. The van der Waals surface area contributed by atoms with Gasteiger partial charge in [-0.3, -0.25) is 14.3 Å². The molecule has 1 aromatic heterocycles. The van der Waals surface area contributed by atoms with Crippen molar-refractivity contribution < 1.29 is 44.7 Å². The lowest BCUT2D eigenvalue weighted by Gasteiger charge is -2.19. The summed E-state index contributed by atoms with van der Waals surface area (Å²) in [6.07, 6.45) is -11.4. The maximum atomic E-state index is 13.8. The van der Waals surface area contributed by atoms with Crippen molar-refractivity contribution in [2.24, 2.45) is 7.05 Å². The number of aromatic nitrogens is 2. The smallest absolute Gasteiger partial charge is 0.334 e. The van der Waals surface area contributed by atoms with E-state index in [-0.39, 0.29) is 20.4 Å². The minimum absolute atomic E-state index is 0.0383. The second-order valence-corrected chi connectivity index (χ2v) is 8.42. The van der Waals surface area contributed by atoms with Crippen LogP contribution < -0.4 is 10.6 Å². The van der Waals surface area contributed by atoms with Gasteiger partial charge >= 0.3 is 18.3 Å². The first-order valence-electron chi connectivity index (χ1n) is 9.37. The van der Waals surface area contributed by atoms with E-state index < -0.39 is 52.6 Å². The van der Waals surface area contributed by atoms with Crippen molar-refractivity contribution in [3.8, 4) is 6.07 Å². The number of amides is 2. The number of benzene rings is 1. The Balaban J connectivity index is 1.99. The molecule has 1 heterocycles. The van der Waals surface area contributed by atoms with Gasteiger partial charge in [0.25, 0.3) is 11.8 Å². The van der Waals surface area contributed by atoms with Gasteiger partial charge in [0.15, 0.2) is 5.69 Å². The number of nitrogens with zero attached hydrogens (tertiary/aromatic N) is 3. The summed E-state index contributed by atoms with van der Waals surface area (Å²) in [7, 11) is 0.595. The summed E-state index contributed by atoms with van der Waals surface area (Å²) in [6.45, 7) is 0. The zero-order valence-electron chi connectivity index (χ0n) is 17.2. The van der Waals surface area contributed by atoms with Gasteiger partial charge in [0.2, 0.25) is 0 Å². The van der Waals surface area contributed by atoms with E-state index in [0.29, 0.717) is 19.9 Å². The van der Waals surface area contributed by atoms with E-state index in [2.05, 4.69) is 26.3 Å². The number of alkyl halides is 8. The van der Waals surface area contributed by atoms with Crippen LogP contribution in [0.1, 0.15) is 44.9 Å². The van der Waals surface area contributed by atoms with Crippen molar-refractivity contribution in [2.45, 2.75) is 36.7 Å². The first-order chi connectivity index (χ1) is 15.9. The zero-order valence-corrected chi connectivity index (χ0v) is 18.8. The van der Waals surface area contributed by atoms with Gasteiger partial charge in [-0.2, -0.15) is 45.5 Å². The van der Waals surface area contributed by atoms with E-state index in [1.54, 1.807) is 0 Å². The largest absolute Gasteiger partial charge is 0.459 e. The third-order valence-electron chi connectivity index (χ3n) is 4.98. The summed E-state index contributed by atoms with van der Waals surface area (Å²) in [6, 6.07) is 5.29. The molecule has 0 saturated heterocycles. The lowest BCUT2D eigenvalue weighted by atomic mass is 10.1. The number of halogens is 9. The molecule has 1 aliphatic carbocycles. The highest BCUT2D eigenvalue weighted by molar-refractivity contribution is 9.10. The van der Waals surface area contributed by atoms with Crippen molar-refractivity contribution in [3.05, 3.63) is 45.2 Å². The molecule has 0 unspecified atom stereocenters. The number of aryl methyl sites for hydroxylation is 1. The maximum Gasteiger partial charge on any atom is 0.459 e.